The van der Waals surface area contributed by atoms with Crippen LogP contribution in [0.3, 0.4) is 0 Å². The smallest absolute Gasteiger partial charge is 0.410 e. The lowest BCUT2D eigenvalue weighted by molar-refractivity contribution is -0.135. The highest BCUT2D eigenvalue weighted by molar-refractivity contribution is 5.89. The van der Waals surface area contributed by atoms with Crippen molar-refractivity contribution in [2.24, 2.45) is 5.73 Å². The molecule has 0 aromatic heterocycles. The summed E-state index contributed by atoms with van der Waals surface area (Å²) in [6.45, 7) is 7.63. The average Bonchev–Trinajstić information content (AvgIpc) is 3.06. The van der Waals surface area contributed by atoms with Crippen molar-refractivity contribution < 1.29 is 14.3 Å². The Hall–Kier alpha value is -1.30. The Morgan fingerprint density at radius 1 is 1.05 bits per heavy atom. The first-order chi connectivity index (χ1) is 8.71. The Morgan fingerprint density at radius 3 is 1.95 bits per heavy atom. The predicted molar refractivity (Wildman–Crippen MR) is 70.5 cm³/mol. The molecule has 0 aromatic rings. The van der Waals surface area contributed by atoms with Gasteiger partial charge in [-0.1, -0.05) is 0 Å². The van der Waals surface area contributed by atoms with Gasteiger partial charge in [0.2, 0.25) is 5.91 Å². The summed E-state index contributed by atoms with van der Waals surface area (Å²) < 4.78 is 5.31. The maximum absolute atomic E-state index is 12.1. The summed E-state index contributed by atoms with van der Waals surface area (Å²) in [5.41, 5.74) is 4.80. The van der Waals surface area contributed by atoms with E-state index in [4.69, 9.17) is 10.5 Å². The summed E-state index contributed by atoms with van der Waals surface area (Å²) in [5.74, 6) is 0.0244. The topological polar surface area (TPSA) is 75.9 Å². The van der Waals surface area contributed by atoms with E-state index < -0.39 is 11.1 Å². The molecule has 6 nitrogen and oxygen atoms in total. The normalized spacial score (nSPS) is 22.1. The number of ether oxygens (including phenoxy) is 1. The van der Waals surface area contributed by atoms with E-state index in [0.29, 0.717) is 26.2 Å². The van der Waals surface area contributed by atoms with Gasteiger partial charge < -0.3 is 20.3 Å². The molecule has 0 bridgehead atoms. The second-order valence-electron chi connectivity index (χ2n) is 6.42. The summed E-state index contributed by atoms with van der Waals surface area (Å²) >= 11 is 0. The Labute approximate surface area is 113 Å². The summed E-state index contributed by atoms with van der Waals surface area (Å²) in [4.78, 5) is 27.3. The third-order valence-electron chi connectivity index (χ3n) is 3.43. The minimum Gasteiger partial charge on any atom is -0.444 e. The number of carbonyl (C=O) groups excluding carboxylic acids is 2. The number of nitrogens with two attached hydrogens (primary N) is 1. The van der Waals surface area contributed by atoms with Crippen molar-refractivity contribution in [2.45, 2.75) is 44.8 Å². The van der Waals surface area contributed by atoms with Crippen LogP contribution in [0.4, 0.5) is 4.79 Å². The molecule has 0 radical (unpaired) electrons. The van der Waals surface area contributed by atoms with Crippen molar-refractivity contribution in [2.75, 3.05) is 26.2 Å². The zero-order valence-corrected chi connectivity index (χ0v) is 11.9. The van der Waals surface area contributed by atoms with Crippen molar-refractivity contribution in [3.05, 3.63) is 0 Å². The van der Waals surface area contributed by atoms with Crippen LogP contribution in [0.15, 0.2) is 0 Å². The molecular formula is C13H23N3O3. The minimum absolute atomic E-state index is 0.0244. The van der Waals surface area contributed by atoms with Gasteiger partial charge in [-0.25, -0.2) is 4.79 Å². The van der Waals surface area contributed by atoms with Gasteiger partial charge in [-0.2, -0.15) is 0 Å². The number of hydrogen-bond acceptors (Lipinski definition) is 4. The van der Waals surface area contributed by atoms with Crippen molar-refractivity contribution >= 4 is 12.0 Å². The first-order valence-corrected chi connectivity index (χ1v) is 6.77. The molecule has 1 saturated heterocycles. The van der Waals surface area contributed by atoms with Gasteiger partial charge in [0.1, 0.15) is 5.60 Å². The van der Waals surface area contributed by atoms with Gasteiger partial charge in [0, 0.05) is 26.2 Å². The summed E-state index contributed by atoms with van der Waals surface area (Å²) in [6.07, 6.45) is 1.24. The molecule has 0 atom stereocenters. The second-order valence-corrected chi connectivity index (χ2v) is 6.42. The molecule has 0 aromatic carbocycles. The molecule has 1 heterocycles. The van der Waals surface area contributed by atoms with Crippen LogP contribution in [-0.4, -0.2) is 59.1 Å². The van der Waals surface area contributed by atoms with Gasteiger partial charge in [-0.15, -0.1) is 0 Å². The molecule has 6 heteroatoms. The Bertz CT molecular complexity index is 377. The van der Waals surface area contributed by atoms with Crippen molar-refractivity contribution in [3.63, 3.8) is 0 Å². The number of amides is 2. The van der Waals surface area contributed by atoms with Crippen LogP contribution in [0.25, 0.3) is 0 Å². The third kappa shape index (κ3) is 3.37. The monoisotopic (exact) mass is 269 g/mol. The Morgan fingerprint density at radius 2 is 1.53 bits per heavy atom. The maximum atomic E-state index is 12.1. The van der Waals surface area contributed by atoms with Crippen LogP contribution in [-0.2, 0) is 9.53 Å². The predicted octanol–water partition coefficient (Wildman–Crippen LogP) is 0.557. The molecule has 2 rings (SSSR count). The van der Waals surface area contributed by atoms with E-state index in [9.17, 15) is 9.59 Å². The Kier molecular flexibility index (Phi) is 3.47. The van der Waals surface area contributed by atoms with Crippen LogP contribution < -0.4 is 5.73 Å². The molecular weight excluding hydrogens is 246 g/mol. The highest BCUT2D eigenvalue weighted by Crippen LogP contribution is 2.34. The summed E-state index contributed by atoms with van der Waals surface area (Å²) in [7, 11) is 0. The van der Waals surface area contributed by atoms with E-state index in [1.807, 2.05) is 20.8 Å². The standard InChI is InChI=1S/C13H23N3O3/c1-12(2,3)19-11(18)16-8-6-15(7-9-16)10(17)13(14)4-5-13/h4-9,14H2,1-3H3. The zero-order valence-electron chi connectivity index (χ0n) is 11.9. The van der Waals surface area contributed by atoms with E-state index in [-0.39, 0.29) is 12.0 Å². The number of hydrogen-bond donors (Lipinski definition) is 1. The van der Waals surface area contributed by atoms with Gasteiger partial charge >= 0.3 is 6.09 Å². The number of rotatable bonds is 1. The molecule has 19 heavy (non-hydrogen) atoms. The van der Waals surface area contributed by atoms with Gasteiger partial charge in [0.25, 0.3) is 0 Å². The van der Waals surface area contributed by atoms with Crippen LogP contribution in [0, 0.1) is 0 Å². The number of carbonyl (C=O) groups is 2. The van der Waals surface area contributed by atoms with Crippen molar-refractivity contribution in [1.29, 1.82) is 0 Å². The molecule has 108 valence electrons. The van der Waals surface area contributed by atoms with E-state index in [2.05, 4.69) is 0 Å². The van der Waals surface area contributed by atoms with E-state index in [1.165, 1.54) is 0 Å². The highest BCUT2D eigenvalue weighted by atomic mass is 16.6. The maximum Gasteiger partial charge on any atom is 0.410 e. The van der Waals surface area contributed by atoms with Crippen LogP contribution in [0.1, 0.15) is 33.6 Å². The molecule has 2 amide bonds. The van der Waals surface area contributed by atoms with Gasteiger partial charge in [0.15, 0.2) is 0 Å². The average molecular weight is 269 g/mol. The van der Waals surface area contributed by atoms with Crippen LogP contribution in [0.5, 0.6) is 0 Å². The lowest BCUT2D eigenvalue weighted by Crippen LogP contribution is -2.55. The lowest BCUT2D eigenvalue weighted by atomic mass is 10.2. The molecule has 0 spiro atoms. The fourth-order valence-electron chi connectivity index (χ4n) is 2.08. The lowest BCUT2D eigenvalue weighted by Gasteiger charge is -2.36. The molecule has 2 aliphatic rings. The van der Waals surface area contributed by atoms with Crippen LogP contribution >= 0.6 is 0 Å². The fraction of sp³-hybridized carbons (Fsp3) is 0.846. The largest absolute Gasteiger partial charge is 0.444 e. The van der Waals surface area contributed by atoms with Crippen LogP contribution in [0.2, 0.25) is 0 Å². The zero-order chi connectivity index (χ0) is 14.3. The fourth-order valence-corrected chi connectivity index (χ4v) is 2.08. The minimum atomic E-state index is -0.617. The molecule has 1 aliphatic carbocycles. The van der Waals surface area contributed by atoms with Crippen molar-refractivity contribution in [1.82, 2.24) is 9.80 Å². The SMILES string of the molecule is CC(C)(C)OC(=O)N1CCN(C(=O)C2(N)CC2)CC1. The van der Waals surface area contributed by atoms with E-state index in [1.54, 1.807) is 9.80 Å². The van der Waals surface area contributed by atoms with E-state index >= 15 is 0 Å². The van der Waals surface area contributed by atoms with E-state index in [0.717, 1.165) is 12.8 Å². The summed E-state index contributed by atoms with van der Waals surface area (Å²) in [5, 5.41) is 0. The molecule has 0 unspecified atom stereocenters. The number of nitrogens with zero attached hydrogens (tertiary/aromatic N) is 2. The van der Waals surface area contributed by atoms with Crippen molar-refractivity contribution in [3.8, 4) is 0 Å². The van der Waals surface area contributed by atoms with Gasteiger partial charge in [-0.3, -0.25) is 4.79 Å². The third-order valence-corrected chi connectivity index (χ3v) is 3.43. The van der Waals surface area contributed by atoms with Gasteiger partial charge in [-0.05, 0) is 33.6 Å². The Balaban J connectivity index is 1.82. The molecule has 1 saturated carbocycles. The molecule has 2 N–H and O–H groups in total. The number of piperazine rings is 1. The second kappa shape index (κ2) is 4.67. The first kappa shape index (κ1) is 14.1. The first-order valence-electron chi connectivity index (χ1n) is 6.77. The highest BCUT2D eigenvalue weighted by Gasteiger charge is 2.48. The van der Waals surface area contributed by atoms with Gasteiger partial charge in [0.05, 0.1) is 5.54 Å². The molecule has 1 aliphatic heterocycles. The molecule has 2 fully saturated rings. The quantitative estimate of drug-likeness (QED) is 0.754. The summed E-state index contributed by atoms with van der Waals surface area (Å²) in [6, 6.07) is 0.